The molecule has 1 aliphatic rings. The van der Waals surface area contributed by atoms with Crippen LogP contribution in [-0.4, -0.2) is 43.7 Å². The van der Waals surface area contributed by atoms with E-state index in [1.807, 2.05) is 6.07 Å². The van der Waals surface area contributed by atoms with Crippen LogP contribution < -0.4 is 5.32 Å². The largest absolute Gasteiger partial charge is 0.463 e. The van der Waals surface area contributed by atoms with E-state index in [9.17, 15) is 4.79 Å². The minimum atomic E-state index is -0.430. The molecule has 0 spiro atoms. The minimum Gasteiger partial charge on any atom is -0.463 e. The zero-order chi connectivity index (χ0) is 13.7. The summed E-state index contributed by atoms with van der Waals surface area (Å²) in [7, 11) is 1.35. The summed E-state index contributed by atoms with van der Waals surface area (Å²) in [4.78, 5) is 13.7. The number of methoxy groups -OCH3 is 1. The SMILES string of the molecule is CCN1CCCC(NCc2ccc(C(=O)OC)o2)C1. The molecule has 0 aliphatic carbocycles. The molecule has 1 unspecified atom stereocenters. The lowest BCUT2D eigenvalue weighted by molar-refractivity contribution is 0.0562. The minimum absolute atomic E-state index is 0.262. The van der Waals surface area contributed by atoms with E-state index in [2.05, 4.69) is 21.9 Å². The second-order valence-corrected chi connectivity index (χ2v) is 4.87. The van der Waals surface area contributed by atoms with Crippen molar-refractivity contribution in [1.29, 1.82) is 0 Å². The molecule has 0 radical (unpaired) electrons. The number of likely N-dealkylation sites (tertiary alicyclic amines) is 1. The van der Waals surface area contributed by atoms with E-state index >= 15 is 0 Å². The molecule has 5 heteroatoms. The van der Waals surface area contributed by atoms with Gasteiger partial charge in [0.05, 0.1) is 13.7 Å². The predicted octanol–water partition coefficient (Wildman–Crippen LogP) is 1.64. The van der Waals surface area contributed by atoms with E-state index in [1.54, 1.807) is 6.07 Å². The average molecular weight is 266 g/mol. The maximum atomic E-state index is 11.3. The van der Waals surface area contributed by atoms with E-state index in [0.717, 1.165) is 18.8 Å². The van der Waals surface area contributed by atoms with E-state index in [1.165, 1.54) is 26.5 Å². The highest BCUT2D eigenvalue weighted by Gasteiger charge is 2.18. The summed E-state index contributed by atoms with van der Waals surface area (Å²) in [5.41, 5.74) is 0. The maximum Gasteiger partial charge on any atom is 0.373 e. The number of furan rings is 1. The number of carbonyl (C=O) groups is 1. The van der Waals surface area contributed by atoms with Crippen LogP contribution >= 0.6 is 0 Å². The van der Waals surface area contributed by atoms with Crippen molar-refractivity contribution < 1.29 is 13.9 Å². The van der Waals surface area contributed by atoms with Crippen molar-refractivity contribution in [2.45, 2.75) is 32.4 Å². The van der Waals surface area contributed by atoms with Crippen molar-refractivity contribution in [3.63, 3.8) is 0 Å². The van der Waals surface area contributed by atoms with Gasteiger partial charge in [0, 0.05) is 12.6 Å². The molecule has 0 aromatic carbocycles. The Morgan fingerprint density at radius 3 is 3.16 bits per heavy atom. The summed E-state index contributed by atoms with van der Waals surface area (Å²) in [6, 6.07) is 3.97. The molecule has 1 aromatic heterocycles. The summed E-state index contributed by atoms with van der Waals surface area (Å²) < 4.78 is 10.0. The van der Waals surface area contributed by atoms with Gasteiger partial charge in [0.15, 0.2) is 0 Å². The van der Waals surface area contributed by atoms with Crippen molar-refractivity contribution in [2.75, 3.05) is 26.7 Å². The van der Waals surface area contributed by atoms with E-state index in [0.29, 0.717) is 12.6 Å². The number of rotatable bonds is 5. The second kappa shape index (κ2) is 6.73. The Hall–Kier alpha value is -1.33. The first-order chi connectivity index (χ1) is 9.22. The highest BCUT2D eigenvalue weighted by atomic mass is 16.5. The molecule has 19 heavy (non-hydrogen) atoms. The Balaban J connectivity index is 1.81. The van der Waals surface area contributed by atoms with Crippen LogP contribution in [0.15, 0.2) is 16.5 Å². The number of hydrogen-bond acceptors (Lipinski definition) is 5. The predicted molar refractivity (Wildman–Crippen MR) is 72.0 cm³/mol. The Labute approximate surface area is 113 Å². The van der Waals surface area contributed by atoms with Crippen LogP contribution in [0.3, 0.4) is 0 Å². The van der Waals surface area contributed by atoms with Crippen LogP contribution in [0.1, 0.15) is 36.1 Å². The molecule has 1 atom stereocenters. The van der Waals surface area contributed by atoms with E-state index in [4.69, 9.17) is 4.42 Å². The summed E-state index contributed by atoms with van der Waals surface area (Å²) in [5, 5.41) is 3.48. The van der Waals surface area contributed by atoms with Gasteiger partial charge in [-0.3, -0.25) is 0 Å². The standard InChI is InChI=1S/C14H22N2O3/c1-3-16-8-4-5-11(10-16)15-9-12-6-7-13(19-12)14(17)18-2/h6-7,11,15H,3-5,8-10H2,1-2H3. The van der Waals surface area contributed by atoms with Crippen LogP contribution in [0.5, 0.6) is 0 Å². The molecule has 106 valence electrons. The second-order valence-electron chi connectivity index (χ2n) is 4.87. The van der Waals surface area contributed by atoms with Crippen molar-refractivity contribution >= 4 is 5.97 Å². The third kappa shape index (κ3) is 3.81. The highest BCUT2D eigenvalue weighted by molar-refractivity contribution is 5.86. The summed E-state index contributed by atoms with van der Waals surface area (Å²) in [6.07, 6.45) is 2.43. The molecular formula is C14H22N2O3. The normalized spacial score (nSPS) is 20.4. The summed E-state index contributed by atoms with van der Waals surface area (Å²) >= 11 is 0. The average Bonchev–Trinajstić information content (AvgIpc) is 2.93. The van der Waals surface area contributed by atoms with Crippen LogP contribution in [-0.2, 0) is 11.3 Å². The molecular weight excluding hydrogens is 244 g/mol. The van der Waals surface area contributed by atoms with Crippen LogP contribution in [0.4, 0.5) is 0 Å². The first kappa shape index (κ1) is 14.1. The number of ether oxygens (including phenoxy) is 1. The first-order valence-electron chi connectivity index (χ1n) is 6.85. The number of nitrogens with one attached hydrogen (secondary N) is 1. The molecule has 1 aliphatic heterocycles. The number of likely N-dealkylation sites (N-methyl/N-ethyl adjacent to an activating group) is 1. The van der Waals surface area contributed by atoms with Gasteiger partial charge in [-0.1, -0.05) is 6.92 Å². The fourth-order valence-corrected chi connectivity index (χ4v) is 2.44. The smallest absolute Gasteiger partial charge is 0.373 e. The van der Waals surface area contributed by atoms with E-state index in [-0.39, 0.29) is 5.76 Å². The fraction of sp³-hybridized carbons (Fsp3) is 0.643. The molecule has 0 bridgehead atoms. The molecule has 1 aromatic rings. The number of hydrogen-bond donors (Lipinski definition) is 1. The molecule has 2 rings (SSSR count). The summed E-state index contributed by atoms with van der Waals surface area (Å²) in [6.45, 7) is 6.23. The van der Waals surface area contributed by atoms with Crippen LogP contribution in [0.2, 0.25) is 0 Å². The Morgan fingerprint density at radius 1 is 1.58 bits per heavy atom. The number of nitrogens with zero attached hydrogens (tertiary/aromatic N) is 1. The van der Waals surface area contributed by atoms with Gasteiger partial charge in [0.1, 0.15) is 5.76 Å². The van der Waals surface area contributed by atoms with Crippen molar-refractivity contribution in [1.82, 2.24) is 10.2 Å². The highest BCUT2D eigenvalue weighted by Crippen LogP contribution is 2.12. The van der Waals surface area contributed by atoms with Gasteiger partial charge in [-0.05, 0) is 38.1 Å². The molecule has 1 fully saturated rings. The molecule has 1 N–H and O–H groups in total. The van der Waals surface area contributed by atoms with Crippen LogP contribution in [0, 0.1) is 0 Å². The van der Waals surface area contributed by atoms with Gasteiger partial charge < -0.3 is 19.4 Å². The lowest BCUT2D eigenvalue weighted by Crippen LogP contribution is -2.45. The Morgan fingerprint density at radius 2 is 2.42 bits per heavy atom. The monoisotopic (exact) mass is 266 g/mol. The third-order valence-corrected chi connectivity index (χ3v) is 3.57. The van der Waals surface area contributed by atoms with Gasteiger partial charge in [-0.25, -0.2) is 4.79 Å². The third-order valence-electron chi connectivity index (χ3n) is 3.57. The van der Waals surface area contributed by atoms with Gasteiger partial charge >= 0.3 is 5.97 Å². The number of carbonyl (C=O) groups excluding carboxylic acids is 1. The zero-order valence-corrected chi connectivity index (χ0v) is 11.6. The molecule has 0 saturated carbocycles. The molecule has 0 amide bonds. The van der Waals surface area contributed by atoms with Gasteiger partial charge in [-0.2, -0.15) is 0 Å². The zero-order valence-electron chi connectivity index (χ0n) is 11.6. The first-order valence-corrected chi connectivity index (χ1v) is 6.85. The van der Waals surface area contributed by atoms with Crippen molar-refractivity contribution in [3.05, 3.63) is 23.7 Å². The topological polar surface area (TPSA) is 54.7 Å². The molecule has 2 heterocycles. The van der Waals surface area contributed by atoms with Crippen molar-refractivity contribution in [3.8, 4) is 0 Å². The van der Waals surface area contributed by atoms with Crippen LogP contribution in [0.25, 0.3) is 0 Å². The fourth-order valence-electron chi connectivity index (χ4n) is 2.44. The van der Waals surface area contributed by atoms with Gasteiger partial charge in [0.25, 0.3) is 0 Å². The molecule has 5 nitrogen and oxygen atoms in total. The Bertz CT molecular complexity index is 417. The number of piperidine rings is 1. The quantitative estimate of drug-likeness (QED) is 0.821. The van der Waals surface area contributed by atoms with Crippen molar-refractivity contribution in [2.24, 2.45) is 0 Å². The van der Waals surface area contributed by atoms with E-state index < -0.39 is 5.97 Å². The lowest BCUT2D eigenvalue weighted by Gasteiger charge is -2.32. The Kier molecular flexibility index (Phi) is 4.99. The number of esters is 1. The molecule has 1 saturated heterocycles. The van der Waals surface area contributed by atoms with Gasteiger partial charge in [0.2, 0.25) is 5.76 Å². The maximum absolute atomic E-state index is 11.3. The summed E-state index contributed by atoms with van der Waals surface area (Å²) in [5.74, 6) is 0.605. The lowest BCUT2D eigenvalue weighted by atomic mass is 10.1. The van der Waals surface area contributed by atoms with Gasteiger partial charge in [-0.15, -0.1) is 0 Å².